The Morgan fingerprint density at radius 2 is 2.10 bits per heavy atom. The van der Waals surface area contributed by atoms with Crippen molar-refractivity contribution < 1.29 is 9.53 Å². The molecule has 1 saturated heterocycles. The van der Waals surface area contributed by atoms with E-state index in [4.69, 9.17) is 10.5 Å². The summed E-state index contributed by atoms with van der Waals surface area (Å²) >= 11 is 0. The van der Waals surface area contributed by atoms with Crippen molar-refractivity contribution in [1.82, 2.24) is 4.90 Å². The van der Waals surface area contributed by atoms with E-state index < -0.39 is 0 Å². The molecule has 2 rings (SSSR count). The molecule has 1 atom stereocenters. The number of amides is 1. The van der Waals surface area contributed by atoms with Gasteiger partial charge in [-0.3, -0.25) is 4.79 Å². The molecule has 21 heavy (non-hydrogen) atoms. The lowest BCUT2D eigenvalue weighted by molar-refractivity contribution is -0.135. The molecule has 1 aliphatic rings. The molecule has 1 aromatic rings. The number of nitrogens with zero attached hydrogens (tertiary/aromatic N) is 1. The van der Waals surface area contributed by atoms with Gasteiger partial charge in [0, 0.05) is 19.7 Å². The minimum Gasteiger partial charge on any atom is -0.378 e. The fourth-order valence-electron chi connectivity index (χ4n) is 2.67. The summed E-state index contributed by atoms with van der Waals surface area (Å²) in [6.07, 6.45) is 4.72. The minimum absolute atomic E-state index is 0.0994. The van der Waals surface area contributed by atoms with Gasteiger partial charge in [0.25, 0.3) is 0 Å². The zero-order valence-electron chi connectivity index (χ0n) is 12.7. The second-order valence-corrected chi connectivity index (χ2v) is 5.64. The number of hydrogen-bond acceptors (Lipinski definition) is 3. The van der Waals surface area contributed by atoms with E-state index in [0.29, 0.717) is 19.5 Å². The molecule has 4 heteroatoms. The van der Waals surface area contributed by atoms with Crippen molar-refractivity contribution in [3.63, 3.8) is 0 Å². The third kappa shape index (κ3) is 5.48. The van der Waals surface area contributed by atoms with Gasteiger partial charge in [-0.05, 0) is 37.8 Å². The van der Waals surface area contributed by atoms with Crippen molar-refractivity contribution >= 4 is 5.91 Å². The number of ether oxygens (including phenoxy) is 1. The van der Waals surface area contributed by atoms with Gasteiger partial charge in [0.2, 0.25) is 5.91 Å². The SMILES string of the molecule is NCCCN(Cc1ccccc1)C(=O)CC1CCCCO1. The second kappa shape index (κ2) is 8.80. The number of carbonyl (C=O) groups excluding carboxylic acids is 1. The molecule has 0 spiro atoms. The predicted molar refractivity (Wildman–Crippen MR) is 83.7 cm³/mol. The zero-order chi connectivity index (χ0) is 14.9. The van der Waals surface area contributed by atoms with Crippen LogP contribution in [0.3, 0.4) is 0 Å². The number of carbonyl (C=O) groups is 1. The third-order valence-corrected chi connectivity index (χ3v) is 3.88. The van der Waals surface area contributed by atoms with Gasteiger partial charge in [0.05, 0.1) is 12.5 Å². The van der Waals surface area contributed by atoms with Crippen molar-refractivity contribution in [2.75, 3.05) is 19.7 Å². The van der Waals surface area contributed by atoms with Crippen molar-refractivity contribution in [3.05, 3.63) is 35.9 Å². The van der Waals surface area contributed by atoms with E-state index in [-0.39, 0.29) is 12.0 Å². The first-order valence-electron chi connectivity index (χ1n) is 7.93. The number of nitrogens with two attached hydrogens (primary N) is 1. The first-order chi connectivity index (χ1) is 10.3. The van der Waals surface area contributed by atoms with Crippen LogP contribution in [0.5, 0.6) is 0 Å². The predicted octanol–water partition coefficient (Wildman–Crippen LogP) is 2.32. The Morgan fingerprint density at radius 1 is 1.29 bits per heavy atom. The summed E-state index contributed by atoms with van der Waals surface area (Å²) in [6, 6.07) is 10.1. The Kier molecular flexibility index (Phi) is 6.70. The molecule has 1 aromatic carbocycles. The van der Waals surface area contributed by atoms with Crippen LogP contribution in [0.4, 0.5) is 0 Å². The minimum atomic E-state index is 0.0994. The Labute approximate surface area is 127 Å². The maximum absolute atomic E-state index is 12.5. The Bertz CT molecular complexity index is 416. The summed E-state index contributed by atoms with van der Waals surface area (Å²) in [7, 11) is 0. The van der Waals surface area contributed by atoms with Gasteiger partial charge in [-0.1, -0.05) is 30.3 Å². The van der Waals surface area contributed by atoms with Crippen molar-refractivity contribution in [1.29, 1.82) is 0 Å². The summed E-state index contributed by atoms with van der Waals surface area (Å²) in [4.78, 5) is 14.4. The maximum Gasteiger partial charge on any atom is 0.225 e. The van der Waals surface area contributed by atoms with E-state index >= 15 is 0 Å². The zero-order valence-corrected chi connectivity index (χ0v) is 12.7. The number of rotatable bonds is 7. The first kappa shape index (κ1) is 16.0. The molecule has 1 amide bonds. The Hall–Kier alpha value is -1.39. The van der Waals surface area contributed by atoms with Crippen LogP contribution >= 0.6 is 0 Å². The average Bonchev–Trinajstić information content (AvgIpc) is 2.53. The van der Waals surface area contributed by atoms with Crippen molar-refractivity contribution in [2.45, 2.75) is 44.8 Å². The summed E-state index contributed by atoms with van der Waals surface area (Å²) in [6.45, 7) is 2.78. The molecule has 2 N–H and O–H groups in total. The molecule has 116 valence electrons. The molecule has 4 nitrogen and oxygen atoms in total. The van der Waals surface area contributed by atoms with Crippen LogP contribution in [0, 0.1) is 0 Å². The molecule has 0 saturated carbocycles. The molecule has 1 aliphatic heterocycles. The fourth-order valence-corrected chi connectivity index (χ4v) is 2.67. The van der Waals surface area contributed by atoms with Crippen molar-refractivity contribution in [3.8, 4) is 0 Å². The summed E-state index contributed by atoms with van der Waals surface area (Å²) in [5.74, 6) is 0.180. The largest absolute Gasteiger partial charge is 0.378 e. The van der Waals surface area contributed by atoms with E-state index in [1.807, 2.05) is 23.1 Å². The summed E-state index contributed by atoms with van der Waals surface area (Å²) < 4.78 is 5.68. The average molecular weight is 290 g/mol. The second-order valence-electron chi connectivity index (χ2n) is 5.64. The van der Waals surface area contributed by atoms with Crippen LogP contribution in [0.2, 0.25) is 0 Å². The van der Waals surface area contributed by atoms with Crippen LogP contribution in [-0.2, 0) is 16.1 Å². The molecular weight excluding hydrogens is 264 g/mol. The van der Waals surface area contributed by atoms with Crippen molar-refractivity contribution in [2.24, 2.45) is 5.73 Å². The highest BCUT2D eigenvalue weighted by molar-refractivity contribution is 5.76. The lowest BCUT2D eigenvalue weighted by atomic mass is 10.1. The topological polar surface area (TPSA) is 55.6 Å². The summed E-state index contributed by atoms with van der Waals surface area (Å²) in [5.41, 5.74) is 6.75. The Morgan fingerprint density at radius 3 is 2.76 bits per heavy atom. The van der Waals surface area contributed by atoms with E-state index in [1.165, 1.54) is 6.42 Å². The molecule has 0 radical (unpaired) electrons. The van der Waals surface area contributed by atoms with E-state index in [1.54, 1.807) is 0 Å². The normalized spacial score (nSPS) is 18.4. The van der Waals surface area contributed by atoms with E-state index in [9.17, 15) is 4.79 Å². The number of benzene rings is 1. The molecule has 0 bridgehead atoms. The van der Waals surface area contributed by atoms with Gasteiger partial charge in [-0.2, -0.15) is 0 Å². The van der Waals surface area contributed by atoms with Gasteiger partial charge in [0.1, 0.15) is 0 Å². The maximum atomic E-state index is 12.5. The van der Waals surface area contributed by atoms with Crippen LogP contribution < -0.4 is 5.73 Å². The lowest BCUT2D eigenvalue weighted by Gasteiger charge is -2.27. The quantitative estimate of drug-likeness (QED) is 0.838. The van der Waals surface area contributed by atoms with E-state index in [2.05, 4.69) is 12.1 Å². The smallest absolute Gasteiger partial charge is 0.225 e. The summed E-state index contributed by atoms with van der Waals surface area (Å²) in [5, 5.41) is 0. The molecule has 0 aromatic heterocycles. The molecule has 0 aliphatic carbocycles. The van der Waals surface area contributed by atoms with Crippen LogP contribution in [0.25, 0.3) is 0 Å². The molecule has 1 heterocycles. The van der Waals surface area contributed by atoms with Gasteiger partial charge in [-0.25, -0.2) is 0 Å². The van der Waals surface area contributed by atoms with Gasteiger partial charge < -0.3 is 15.4 Å². The standard InChI is InChI=1S/C17H26N2O2/c18-10-6-11-19(14-15-7-2-1-3-8-15)17(20)13-16-9-4-5-12-21-16/h1-3,7-8,16H,4-6,9-14,18H2. The highest BCUT2D eigenvalue weighted by Crippen LogP contribution is 2.17. The van der Waals surface area contributed by atoms with Gasteiger partial charge in [0.15, 0.2) is 0 Å². The van der Waals surface area contributed by atoms with Gasteiger partial charge in [-0.15, -0.1) is 0 Å². The highest BCUT2D eigenvalue weighted by atomic mass is 16.5. The monoisotopic (exact) mass is 290 g/mol. The highest BCUT2D eigenvalue weighted by Gasteiger charge is 2.21. The lowest BCUT2D eigenvalue weighted by Crippen LogP contribution is -2.36. The fraction of sp³-hybridized carbons (Fsp3) is 0.588. The van der Waals surface area contributed by atoms with Gasteiger partial charge >= 0.3 is 0 Å². The van der Waals surface area contributed by atoms with E-state index in [0.717, 1.165) is 38.0 Å². The van der Waals surface area contributed by atoms with Crippen LogP contribution in [0.1, 0.15) is 37.7 Å². The molecular formula is C17H26N2O2. The molecule has 1 unspecified atom stereocenters. The first-order valence-corrected chi connectivity index (χ1v) is 7.93. The van der Waals surface area contributed by atoms with Crippen LogP contribution in [-0.4, -0.2) is 36.6 Å². The number of hydrogen-bond donors (Lipinski definition) is 1. The molecule has 1 fully saturated rings. The van der Waals surface area contributed by atoms with Crippen LogP contribution in [0.15, 0.2) is 30.3 Å². The Balaban J connectivity index is 1.92. The third-order valence-electron chi connectivity index (χ3n) is 3.88.